The molecule has 0 spiro atoms. The SMILES string of the molecule is Cc1c(O)c2ccccc2c2c1sc(Nc1ccccc1)[n+]2C. The van der Waals surface area contributed by atoms with Gasteiger partial charge in [0.05, 0.1) is 11.7 Å². The van der Waals surface area contributed by atoms with Crippen molar-refractivity contribution in [2.45, 2.75) is 6.92 Å². The van der Waals surface area contributed by atoms with Crippen LogP contribution in [0.1, 0.15) is 5.56 Å². The number of fused-ring (bicyclic) bond motifs is 3. The van der Waals surface area contributed by atoms with Gasteiger partial charge in [-0.1, -0.05) is 36.4 Å². The molecule has 0 aliphatic rings. The summed E-state index contributed by atoms with van der Waals surface area (Å²) < 4.78 is 3.28. The fourth-order valence-corrected chi connectivity index (χ4v) is 4.17. The Labute approximate surface area is 138 Å². The van der Waals surface area contributed by atoms with Crippen LogP contribution in [-0.4, -0.2) is 5.11 Å². The Bertz CT molecular complexity index is 1020. The van der Waals surface area contributed by atoms with Gasteiger partial charge in [0.2, 0.25) is 0 Å². The summed E-state index contributed by atoms with van der Waals surface area (Å²) in [4.78, 5) is 0. The van der Waals surface area contributed by atoms with E-state index in [-0.39, 0.29) is 0 Å². The van der Waals surface area contributed by atoms with Gasteiger partial charge in [0.1, 0.15) is 11.4 Å². The Morgan fingerprint density at radius 2 is 1.61 bits per heavy atom. The predicted octanol–water partition coefficient (Wildman–Crippen LogP) is 4.64. The maximum absolute atomic E-state index is 10.5. The average molecular weight is 321 g/mol. The Hall–Kier alpha value is -2.59. The lowest BCUT2D eigenvalue weighted by atomic mass is 10.0. The number of thiazole rings is 1. The summed E-state index contributed by atoms with van der Waals surface area (Å²) in [6, 6.07) is 18.1. The van der Waals surface area contributed by atoms with Crippen molar-refractivity contribution >= 4 is 43.1 Å². The zero-order chi connectivity index (χ0) is 16.0. The maximum Gasteiger partial charge on any atom is 0.339 e. The third-order valence-corrected chi connectivity index (χ3v) is 5.48. The van der Waals surface area contributed by atoms with Gasteiger partial charge in [0.25, 0.3) is 0 Å². The van der Waals surface area contributed by atoms with Crippen LogP contribution in [0.5, 0.6) is 5.75 Å². The molecule has 0 saturated heterocycles. The first-order valence-electron chi connectivity index (χ1n) is 7.51. The van der Waals surface area contributed by atoms with Crippen molar-refractivity contribution in [3.8, 4) is 5.75 Å². The minimum atomic E-state index is 0.376. The molecule has 4 rings (SSSR count). The molecule has 0 atom stereocenters. The molecule has 3 aromatic carbocycles. The number of nitrogens with zero attached hydrogens (tertiary/aromatic N) is 1. The Morgan fingerprint density at radius 1 is 0.957 bits per heavy atom. The first-order valence-corrected chi connectivity index (χ1v) is 8.33. The third kappa shape index (κ3) is 2.14. The normalized spacial score (nSPS) is 11.2. The average Bonchev–Trinajstić information content (AvgIpc) is 2.91. The summed E-state index contributed by atoms with van der Waals surface area (Å²) in [5, 5.41) is 17.0. The fourth-order valence-electron chi connectivity index (χ4n) is 2.98. The van der Waals surface area contributed by atoms with Crippen LogP contribution in [0.25, 0.3) is 21.0 Å². The number of phenols is 1. The highest BCUT2D eigenvalue weighted by Gasteiger charge is 2.22. The molecule has 1 heterocycles. The quantitative estimate of drug-likeness (QED) is 0.528. The second-order valence-electron chi connectivity index (χ2n) is 5.65. The molecule has 0 unspecified atom stereocenters. The Balaban J connectivity index is 2.01. The summed E-state index contributed by atoms with van der Waals surface area (Å²) in [6.07, 6.45) is 0. The van der Waals surface area contributed by atoms with Gasteiger partial charge in [-0.15, -0.1) is 0 Å². The first-order chi connectivity index (χ1) is 11.2. The molecule has 0 amide bonds. The van der Waals surface area contributed by atoms with Crippen molar-refractivity contribution < 1.29 is 9.67 Å². The van der Waals surface area contributed by atoms with E-state index in [2.05, 4.69) is 23.0 Å². The van der Waals surface area contributed by atoms with E-state index in [1.165, 1.54) is 0 Å². The summed E-state index contributed by atoms with van der Waals surface area (Å²) in [5.74, 6) is 0.376. The summed E-state index contributed by atoms with van der Waals surface area (Å²) >= 11 is 1.67. The topological polar surface area (TPSA) is 36.1 Å². The van der Waals surface area contributed by atoms with E-state index in [0.717, 1.165) is 37.4 Å². The van der Waals surface area contributed by atoms with E-state index < -0.39 is 0 Å². The van der Waals surface area contributed by atoms with Gasteiger partial charge in [-0.05, 0) is 36.5 Å². The lowest BCUT2D eigenvalue weighted by Crippen LogP contribution is -2.29. The Kier molecular flexibility index (Phi) is 3.20. The molecule has 1 aromatic heterocycles. The summed E-state index contributed by atoms with van der Waals surface area (Å²) in [5.41, 5.74) is 3.14. The maximum atomic E-state index is 10.5. The Morgan fingerprint density at radius 3 is 2.35 bits per heavy atom. The van der Waals surface area contributed by atoms with Gasteiger partial charge in [-0.3, -0.25) is 0 Å². The van der Waals surface area contributed by atoms with Gasteiger partial charge >= 0.3 is 5.13 Å². The highest BCUT2D eigenvalue weighted by Crippen LogP contribution is 2.39. The van der Waals surface area contributed by atoms with Crippen molar-refractivity contribution in [3.63, 3.8) is 0 Å². The number of rotatable bonds is 2. The molecule has 4 heteroatoms. The van der Waals surface area contributed by atoms with Crippen molar-refractivity contribution in [3.05, 3.63) is 60.2 Å². The number of aryl methyl sites for hydroxylation is 2. The molecule has 0 aliphatic carbocycles. The summed E-state index contributed by atoms with van der Waals surface area (Å²) in [7, 11) is 2.06. The minimum absolute atomic E-state index is 0.376. The van der Waals surface area contributed by atoms with Crippen LogP contribution in [0.3, 0.4) is 0 Å². The zero-order valence-corrected chi connectivity index (χ0v) is 13.8. The molecule has 3 nitrogen and oxygen atoms in total. The van der Waals surface area contributed by atoms with Crippen molar-refractivity contribution in [2.24, 2.45) is 7.05 Å². The van der Waals surface area contributed by atoms with Gasteiger partial charge in [-0.2, -0.15) is 0 Å². The molecule has 0 saturated carbocycles. The molecule has 4 aromatic rings. The molecular weight excluding hydrogens is 304 g/mol. The van der Waals surface area contributed by atoms with E-state index in [4.69, 9.17) is 0 Å². The van der Waals surface area contributed by atoms with Gasteiger partial charge in [0.15, 0.2) is 5.52 Å². The largest absolute Gasteiger partial charge is 0.507 e. The molecule has 23 heavy (non-hydrogen) atoms. The van der Waals surface area contributed by atoms with Crippen LogP contribution < -0.4 is 9.88 Å². The van der Waals surface area contributed by atoms with Crippen LogP contribution in [0, 0.1) is 6.92 Å². The van der Waals surface area contributed by atoms with Crippen molar-refractivity contribution in [1.29, 1.82) is 0 Å². The van der Waals surface area contributed by atoms with Crippen molar-refractivity contribution in [1.82, 2.24) is 0 Å². The molecule has 0 aliphatic heterocycles. The molecular formula is C19H17N2OS+. The number of hydrogen-bond donors (Lipinski definition) is 2. The predicted molar refractivity (Wildman–Crippen MR) is 96.6 cm³/mol. The number of benzene rings is 3. The molecule has 114 valence electrons. The number of aromatic hydroxyl groups is 1. The first kappa shape index (κ1) is 14.0. The second kappa shape index (κ2) is 5.25. The monoisotopic (exact) mass is 321 g/mol. The van der Waals surface area contributed by atoms with Gasteiger partial charge < -0.3 is 5.11 Å². The number of anilines is 2. The number of hydrogen-bond acceptors (Lipinski definition) is 3. The van der Waals surface area contributed by atoms with Crippen molar-refractivity contribution in [2.75, 3.05) is 5.32 Å². The number of para-hydroxylation sites is 1. The molecule has 0 bridgehead atoms. The molecule has 2 N–H and O–H groups in total. The molecule has 0 fully saturated rings. The highest BCUT2D eigenvalue weighted by atomic mass is 32.1. The van der Waals surface area contributed by atoms with Crippen LogP contribution in [-0.2, 0) is 7.05 Å². The van der Waals surface area contributed by atoms with E-state index in [1.807, 2.05) is 55.5 Å². The lowest BCUT2D eigenvalue weighted by Gasteiger charge is -2.05. The number of phenolic OH excluding ortho intramolecular Hbond substituents is 1. The number of aromatic nitrogens is 1. The zero-order valence-electron chi connectivity index (χ0n) is 13.0. The van der Waals surface area contributed by atoms with E-state index in [0.29, 0.717) is 5.75 Å². The van der Waals surface area contributed by atoms with Crippen LogP contribution >= 0.6 is 11.3 Å². The molecule has 0 radical (unpaired) electrons. The van der Waals surface area contributed by atoms with Gasteiger partial charge in [-0.25, -0.2) is 9.88 Å². The second-order valence-corrected chi connectivity index (χ2v) is 6.65. The summed E-state index contributed by atoms with van der Waals surface area (Å²) in [6.45, 7) is 1.98. The van der Waals surface area contributed by atoms with Crippen LogP contribution in [0.15, 0.2) is 54.6 Å². The number of nitrogens with one attached hydrogen (secondary N) is 1. The van der Waals surface area contributed by atoms with E-state index in [9.17, 15) is 5.11 Å². The highest BCUT2D eigenvalue weighted by molar-refractivity contribution is 7.22. The smallest absolute Gasteiger partial charge is 0.339 e. The third-order valence-electron chi connectivity index (χ3n) is 4.21. The standard InChI is InChI=1S/C19H16N2OS/c1-12-17(22)15-11-7-6-10-14(15)16-18(12)23-19(21(16)2)20-13-8-4-3-5-9-13/h3-11,22H,1-2H3/p+1. The minimum Gasteiger partial charge on any atom is -0.507 e. The lowest BCUT2D eigenvalue weighted by molar-refractivity contribution is -0.625. The van der Waals surface area contributed by atoms with E-state index >= 15 is 0 Å². The fraction of sp³-hybridized carbons (Fsp3) is 0.105. The van der Waals surface area contributed by atoms with E-state index in [1.54, 1.807) is 11.3 Å². The van der Waals surface area contributed by atoms with Crippen LogP contribution in [0.4, 0.5) is 10.8 Å². The van der Waals surface area contributed by atoms with Gasteiger partial charge in [0, 0.05) is 16.3 Å². The van der Waals surface area contributed by atoms with Crippen LogP contribution in [0.2, 0.25) is 0 Å².